The minimum absolute atomic E-state index is 0.00323. The number of benzene rings is 5. The van der Waals surface area contributed by atoms with E-state index >= 15 is 0 Å². The number of ether oxygens (including phenoxy) is 1. The van der Waals surface area contributed by atoms with Crippen LogP contribution in [0.3, 0.4) is 0 Å². The highest BCUT2D eigenvalue weighted by atomic mass is 16.6. The van der Waals surface area contributed by atoms with Crippen LogP contribution in [0.5, 0.6) is 0 Å². The summed E-state index contributed by atoms with van der Waals surface area (Å²) in [4.78, 5) is 5.90. The van der Waals surface area contributed by atoms with Gasteiger partial charge in [0.05, 0.1) is 0 Å². The molecule has 0 saturated carbocycles. The highest BCUT2D eigenvalue weighted by molar-refractivity contribution is 6.68. The van der Waals surface area contributed by atoms with Gasteiger partial charge in [-0.15, -0.1) is 28.3 Å². The Labute approximate surface area is 278 Å². The van der Waals surface area contributed by atoms with Gasteiger partial charge in [0.1, 0.15) is 67.1 Å². The number of fused-ring (bicyclic) bond motifs is 3. The van der Waals surface area contributed by atoms with Crippen molar-refractivity contribution in [1.29, 1.82) is 0 Å². The maximum atomic E-state index is 6.60. The lowest BCUT2D eigenvalue weighted by Crippen LogP contribution is -2.56. The monoisotopic (exact) mass is 588 g/mol. The summed E-state index contributed by atoms with van der Waals surface area (Å²) in [6, 6.07) is 34.8. The summed E-state index contributed by atoms with van der Waals surface area (Å²) < 4.78 is 6.60. The molecule has 1 saturated heterocycles. The number of H-pyrrole nitrogens is 1. The topological polar surface area (TPSA) is 31.6 Å². The first-order valence-corrected chi connectivity index (χ1v) is 16.3. The van der Waals surface area contributed by atoms with Crippen LogP contribution in [0.25, 0.3) is 38.5 Å². The molecular formula is C36H35B7N2O. The average molecular weight is 587 g/mol. The van der Waals surface area contributed by atoms with Crippen LogP contribution in [0.2, 0.25) is 0 Å². The van der Waals surface area contributed by atoms with Crippen LogP contribution in [-0.2, 0) is 4.74 Å². The molecule has 2 heterocycles. The van der Waals surface area contributed by atoms with Crippen molar-refractivity contribution in [2.45, 2.75) is 12.2 Å². The van der Waals surface area contributed by atoms with Gasteiger partial charge in [-0.3, -0.25) is 0 Å². The molecule has 5 aromatic carbocycles. The Morgan fingerprint density at radius 1 is 0.587 bits per heavy atom. The van der Waals surface area contributed by atoms with Gasteiger partial charge in [-0.2, -0.15) is 0 Å². The molecular weight excluding hydrogens is 552 g/mol. The van der Waals surface area contributed by atoms with Crippen molar-refractivity contribution in [3.8, 4) is 11.1 Å². The van der Waals surface area contributed by atoms with Gasteiger partial charge in [0.25, 0.3) is 0 Å². The number of rotatable bonds is 7. The zero-order valence-corrected chi connectivity index (χ0v) is 27.9. The van der Waals surface area contributed by atoms with E-state index in [1.165, 1.54) is 65.9 Å². The Balaban J connectivity index is 1.23. The van der Waals surface area contributed by atoms with Crippen molar-refractivity contribution in [2.75, 3.05) is 4.90 Å². The van der Waals surface area contributed by atoms with Gasteiger partial charge in [-0.1, -0.05) is 65.5 Å². The third-order valence-electron chi connectivity index (χ3n) is 10.2. The lowest BCUT2D eigenvalue weighted by molar-refractivity contribution is 0.409. The number of aromatic nitrogens is 1. The Bertz CT molecular complexity index is 2150. The zero-order valence-electron chi connectivity index (χ0n) is 27.9. The molecule has 1 fully saturated rings. The molecule has 6 aromatic rings. The van der Waals surface area contributed by atoms with Crippen LogP contribution in [0.15, 0.2) is 115 Å². The zero-order chi connectivity index (χ0) is 32.1. The summed E-state index contributed by atoms with van der Waals surface area (Å²) in [6.07, 6.45) is -0.0374. The van der Waals surface area contributed by atoms with Crippen molar-refractivity contribution < 1.29 is 4.74 Å². The van der Waals surface area contributed by atoms with Crippen LogP contribution in [0.1, 0.15) is 5.56 Å². The van der Waals surface area contributed by atoms with Crippen molar-refractivity contribution >= 4 is 121 Å². The second-order valence-corrected chi connectivity index (χ2v) is 12.6. The minimum Gasteiger partial charge on any atom is -0.358 e. The molecule has 3 nitrogen and oxygen atoms in total. The fourth-order valence-corrected chi connectivity index (χ4v) is 7.23. The highest BCUT2D eigenvalue weighted by Gasteiger charge is 2.46. The second kappa shape index (κ2) is 12.1. The van der Waals surface area contributed by atoms with Crippen molar-refractivity contribution in [1.82, 2.24) is 4.98 Å². The van der Waals surface area contributed by atoms with Gasteiger partial charge >= 0.3 is 0 Å². The van der Waals surface area contributed by atoms with Crippen molar-refractivity contribution in [2.24, 2.45) is 0 Å². The normalized spacial score (nSPS) is 16.6. The summed E-state index contributed by atoms with van der Waals surface area (Å²) in [5.74, 6) is 4.48. The van der Waals surface area contributed by atoms with E-state index in [0.717, 1.165) is 22.6 Å². The van der Waals surface area contributed by atoms with Crippen LogP contribution in [0, 0.1) is 0 Å². The Morgan fingerprint density at radius 2 is 1.17 bits per heavy atom. The molecule has 0 aliphatic carbocycles. The molecule has 1 aliphatic rings. The van der Waals surface area contributed by atoms with Gasteiger partial charge in [0.15, 0.2) is 0 Å². The maximum Gasteiger partial charge on any atom is 0.139 e. The van der Waals surface area contributed by atoms with E-state index in [1.54, 1.807) is 0 Å². The van der Waals surface area contributed by atoms with E-state index in [0.29, 0.717) is 0 Å². The average Bonchev–Trinajstić information content (AvgIpc) is 3.79. The lowest BCUT2D eigenvalue weighted by Gasteiger charge is -2.28. The van der Waals surface area contributed by atoms with Crippen molar-refractivity contribution in [3.63, 3.8) is 0 Å². The second-order valence-electron chi connectivity index (χ2n) is 12.6. The fourth-order valence-electron chi connectivity index (χ4n) is 7.23. The quantitative estimate of drug-likeness (QED) is 0.179. The van der Waals surface area contributed by atoms with Gasteiger partial charge in [0.2, 0.25) is 0 Å². The van der Waals surface area contributed by atoms with Crippen LogP contribution < -0.4 is 32.2 Å². The molecule has 7 rings (SSSR count). The minimum atomic E-state index is -0.0407. The predicted octanol–water partition coefficient (Wildman–Crippen LogP) is -1.67. The number of hydrogen-bond acceptors (Lipinski definition) is 2. The van der Waals surface area contributed by atoms with Gasteiger partial charge < -0.3 is 14.6 Å². The Morgan fingerprint density at radius 3 is 1.85 bits per heavy atom. The highest BCUT2D eigenvalue weighted by Crippen LogP contribution is 2.43. The predicted molar refractivity (Wildman–Crippen MR) is 219 cm³/mol. The Hall–Kier alpha value is -4.41. The first kappa shape index (κ1) is 30.3. The Kier molecular flexibility index (Phi) is 7.94. The number of hydrogen-bond donors (Lipinski definition) is 1. The standard InChI is InChI=1S/C36H35B7N2O/c37-17-25(29-30(39)32(41)34(43)33(42)31(29)40)35-36(46-35)28(18-38)45(21-6-2-1-3-7-21)22-13-10-19(11-14-22)20-12-15-27-24(16-20)23-8-4-5-9-26(23)44-27/h1-18,35-36,44H,37-43H2/b25-17+,28-18-. The first-order chi connectivity index (χ1) is 22.3. The fraction of sp³-hybridized carbons (Fsp3) is 0.0556. The molecule has 216 valence electrons. The van der Waals surface area contributed by atoms with E-state index in [4.69, 9.17) is 4.74 Å². The van der Waals surface area contributed by atoms with E-state index < -0.39 is 0 Å². The first-order valence-electron chi connectivity index (χ1n) is 16.3. The van der Waals surface area contributed by atoms with Crippen LogP contribution >= 0.6 is 0 Å². The number of aromatic amines is 1. The third-order valence-corrected chi connectivity index (χ3v) is 10.2. The molecule has 46 heavy (non-hydrogen) atoms. The van der Waals surface area contributed by atoms with E-state index in [2.05, 4.69) is 174 Å². The SMILES string of the molecule is B/C=C(/C1OC1/C(=C/B)c1c(B)c(B)c(B)c(B)c1B)N(c1ccccc1)c1ccc(-c2ccc3[nH]c4ccccc4c3c2)cc1. The van der Waals surface area contributed by atoms with E-state index in [1.807, 2.05) is 0 Å². The third kappa shape index (κ3) is 5.09. The van der Waals surface area contributed by atoms with Gasteiger partial charge in [-0.25, -0.2) is 0 Å². The molecule has 0 radical (unpaired) electrons. The smallest absolute Gasteiger partial charge is 0.139 e. The summed E-state index contributed by atoms with van der Waals surface area (Å²) in [6.45, 7) is 0. The summed E-state index contributed by atoms with van der Waals surface area (Å²) in [5.41, 5.74) is 17.6. The molecule has 0 spiro atoms. The van der Waals surface area contributed by atoms with Crippen LogP contribution in [0.4, 0.5) is 11.4 Å². The number of nitrogens with zero attached hydrogens (tertiary/aromatic N) is 1. The molecule has 1 aliphatic heterocycles. The molecule has 10 heteroatoms. The molecule has 1 aromatic heterocycles. The maximum absolute atomic E-state index is 6.60. The molecule has 0 amide bonds. The van der Waals surface area contributed by atoms with Crippen LogP contribution in [-0.4, -0.2) is 72.1 Å². The molecule has 2 unspecified atom stereocenters. The molecule has 2 atom stereocenters. The molecule has 1 N–H and O–H groups in total. The van der Waals surface area contributed by atoms with Crippen molar-refractivity contribution in [3.05, 3.63) is 120 Å². The number of epoxide rings is 1. The lowest BCUT2D eigenvalue weighted by atomic mass is 9.59. The summed E-state index contributed by atoms with van der Waals surface area (Å²) in [5, 5.41) is 2.50. The number of anilines is 2. The number of para-hydroxylation sites is 2. The number of nitrogens with one attached hydrogen (secondary N) is 1. The summed E-state index contributed by atoms with van der Waals surface area (Å²) in [7, 11) is 15.5. The van der Waals surface area contributed by atoms with Gasteiger partial charge in [0, 0.05) is 38.9 Å². The largest absolute Gasteiger partial charge is 0.358 e. The molecule has 0 bridgehead atoms. The van der Waals surface area contributed by atoms with E-state index in [-0.39, 0.29) is 12.2 Å². The van der Waals surface area contributed by atoms with E-state index in [9.17, 15) is 0 Å². The van der Waals surface area contributed by atoms with Gasteiger partial charge in [-0.05, 0) is 64.7 Å². The summed E-state index contributed by atoms with van der Waals surface area (Å²) >= 11 is 0.